The molecule has 2 rings (SSSR count). The molecule has 0 saturated carbocycles. The molecule has 0 unspecified atom stereocenters. The van der Waals surface area contributed by atoms with E-state index in [2.05, 4.69) is 0 Å². The van der Waals surface area contributed by atoms with E-state index in [0.717, 1.165) is 18.2 Å². The van der Waals surface area contributed by atoms with Crippen LogP contribution in [0, 0.1) is 15.9 Å². The Kier molecular flexibility index (Phi) is 3.95. The number of nitrogens with zero attached hydrogens (tertiary/aromatic N) is 1. The molecule has 7 heteroatoms. The van der Waals surface area contributed by atoms with Gasteiger partial charge in [-0.2, -0.15) is 0 Å². The minimum atomic E-state index is -0.692. The van der Waals surface area contributed by atoms with E-state index in [1.807, 2.05) is 0 Å². The van der Waals surface area contributed by atoms with Crippen LogP contribution in [0.3, 0.4) is 0 Å². The van der Waals surface area contributed by atoms with Gasteiger partial charge in [0.05, 0.1) is 9.95 Å². The van der Waals surface area contributed by atoms with Gasteiger partial charge in [0.2, 0.25) is 5.75 Å². The van der Waals surface area contributed by atoms with E-state index in [4.69, 9.17) is 16.3 Å². The molecule has 0 fully saturated rings. The maximum absolute atomic E-state index is 13.2. The maximum Gasteiger partial charge on any atom is 0.311 e. The van der Waals surface area contributed by atoms with Crippen molar-refractivity contribution >= 4 is 23.6 Å². The van der Waals surface area contributed by atoms with Crippen LogP contribution in [-0.4, -0.2) is 11.2 Å². The summed E-state index contributed by atoms with van der Waals surface area (Å²) in [5.41, 5.74) is -0.0574. The van der Waals surface area contributed by atoms with Crippen LogP contribution >= 0.6 is 11.6 Å². The Balaban J connectivity index is 2.41. The van der Waals surface area contributed by atoms with Crippen molar-refractivity contribution in [2.24, 2.45) is 0 Å². The molecule has 0 atom stereocenters. The molecule has 0 spiro atoms. The standard InChI is InChI=1S/C13H7ClFNO4/c14-10-5-8(7-17)1-4-12(10)20-13-6-9(15)2-3-11(13)16(18)19/h1-7H. The Hall–Kier alpha value is -2.47. The zero-order chi connectivity index (χ0) is 14.7. The molecule has 0 aromatic heterocycles. The van der Waals surface area contributed by atoms with E-state index in [9.17, 15) is 19.3 Å². The Bertz CT molecular complexity index is 690. The summed E-state index contributed by atoms with van der Waals surface area (Å²) >= 11 is 5.88. The van der Waals surface area contributed by atoms with E-state index in [-0.39, 0.29) is 22.2 Å². The molecule has 102 valence electrons. The molecule has 0 aliphatic heterocycles. The third-order valence-electron chi connectivity index (χ3n) is 2.43. The molecule has 20 heavy (non-hydrogen) atoms. The first-order valence-corrected chi connectivity index (χ1v) is 5.75. The van der Waals surface area contributed by atoms with Gasteiger partial charge in [-0.1, -0.05) is 11.6 Å². The number of hydrogen-bond acceptors (Lipinski definition) is 4. The Morgan fingerprint density at radius 2 is 1.95 bits per heavy atom. The van der Waals surface area contributed by atoms with Gasteiger partial charge in [0.15, 0.2) is 0 Å². The number of carbonyl (C=O) groups is 1. The molecule has 0 heterocycles. The van der Waals surface area contributed by atoms with Crippen molar-refractivity contribution in [2.45, 2.75) is 0 Å². The van der Waals surface area contributed by atoms with Crippen LogP contribution in [0.1, 0.15) is 10.4 Å². The predicted octanol–water partition coefficient (Wildman–Crippen LogP) is 3.99. The molecule has 0 bridgehead atoms. The van der Waals surface area contributed by atoms with E-state index in [1.165, 1.54) is 18.2 Å². The van der Waals surface area contributed by atoms with Crippen LogP contribution in [0.4, 0.5) is 10.1 Å². The van der Waals surface area contributed by atoms with Crippen molar-refractivity contribution in [3.05, 3.63) is 62.9 Å². The van der Waals surface area contributed by atoms with Crippen LogP contribution in [-0.2, 0) is 0 Å². The van der Waals surface area contributed by atoms with Gasteiger partial charge in [0.1, 0.15) is 17.9 Å². The zero-order valence-corrected chi connectivity index (χ0v) is 10.6. The highest BCUT2D eigenvalue weighted by atomic mass is 35.5. The molecule has 0 saturated heterocycles. The maximum atomic E-state index is 13.2. The van der Waals surface area contributed by atoms with E-state index in [1.54, 1.807) is 0 Å². The quantitative estimate of drug-likeness (QED) is 0.486. The van der Waals surface area contributed by atoms with Crippen LogP contribution in [0.5, 0.6) is 11.5 Å². The average molecular weight is 296 g/mol. The fourth-order valence-electron chi connectivity index (χ4n) is 1.51. The monoisotopic (exact) mass is 295 g/mol. The second kappa shape index (κ2) is 5.66. The van der Waals surface area contributed by atoms with Gasteiger partial charge in [0.25, 0.3) is 0 Å². The lowest BCUT2D eigenvalue weighted by Crippen LogP contribution is -1.95. The smallest absolute Gasteiger partial charge is 0.311 e. The lowest BCUT2D eigenvalue weighted by Gasteiger charge is -2.08. The van der Waals surface area contributed by atoms with Gasteiger partial charge in [-0.25, -0.2) is 4.39 Å². The number of benzene rings is 2. The second-order valence-electron chi connectivity index (χ2n) is 3.78. The largest absolute Gasteiger partial charge is 0.448 e. The summed E-state index contributed by atoms with van der Waals surface area (Å²) in [4.78, 5) is 20.7. The van der Waals surface area contributed by atoms with Crippen LogP contribution in [0.25, 0.3) is 0 Å². The molecule has 5 nitrogen and oxygen atoms in total. The molecule has 0 radical (unpaired) electrons. The first-order chi connectivity index (χ1) is 9.51. The lowest BCUT2D eigenvalue weighted by molar-refractivity contribution is -0.385. The molecule has 0 aliphatic carbocycles. The summed E-state index contributed by atoms with van der Waals surface area (Å²) in [6.45, 7) is 0. The fraction of sp³-hybridized carbons (Fsp3) is 0. The summed E-state index contributed by atoms with van der Waals surface area (Å²) < 4.78 is 18.4. The average Bonchev–Trinajstić information content (AvgIpc) is 2.40. The number of hydrogen-bond donors (Lipinski definition) is 0. The van der Waals surface area contributed by atoms with Crippen LogP contribution in [0.2, 0.25) is 5.02 Å². The Morgan fingerprint density at radius 3 is 2.55 bits per heavy atom. The first kappa shape index (κ1) is 14.0. The highest BCUT2D eigenvalue weighted by Gasteiger charge is 2.17. The molecule has 2 aromatic rings. The summed E-state index contributed by atoms with van der Waals surface area (Å²) in [6, 6.07) is 7.00. The van der Waals surface area contributed by atoms with Crippen molar-refractivity contribution in [1.82, 2.24) is 0 Å². The number of nitro benzene ring substituents is 1. The van der Waals surface area contributed by atoms with Crippen LogP contribution < -0.4 is 4.74 Å². The van der Waals surface area contributed by atoms with Gasteiger partial charge >= 0.3 is 5.69 Å². The number of rotatable bonds is 4. The minimum absolute atomic E-state index is 0.0889. The summed E-state index contributed by atoms with van der Waals surface area (Å²) in [6.07, 6.45) is 0.598. The number of ether oxygens (including phenoxy) is 1. The number of aldehydes is 1. The SMILES string of the molecule is O=Cc1ccc(Oc2cc(F)ccc2[N+](=O)[O-])c(Cl)c1. The van der Waals surface area contributed by atoms with Crippen molar-refractivity contribution in [3.8, 4) is 11.5 Å². The van der Waals surface area contributed by atoms with Gasteiger partial charge in [0, 0.05) is 17.7 Å². The van der Waals surface area contributed by atoms with Crippen molar-refractivity contribution in [2.75, 3.05) is 0 Å². The van der Waals surface area contributed by atoms with E-state index >= 15 is 0 Å². The molecular weight excluding hydrogens is 289 g/mol. The van der Waals surface area contributed by atoms with Gasteiger partial charge in [-0.3, -0.25) is 14.9 Å². The Morgan fingerprint density at radius 1 is 1.20 bits per heavy atom. The highest BCUT2D eigenvalue weighted by molar-refractivity contribution is 6.32. The number of carbonyl (C=O) groups excluding carboxylic acids is 1. The summed E-state index contributed by atoms with van der Waals surface area (Å²) in [5.74, 6) is -0.854. The number of nitro groups is 1. The van der Waals surface area contributed by atoms with Crippen LogP contribution in [0.15, 0.2) is 36.4 Å². The molecule has 0 N–H and O–H groups in total. The topological polar surface area (TPSA) is 69.4 Å². The third kappa shape index (κ3) is 2.92. The first-order valence-electron chi connectivity index (χ1n) is 5.38. The summed E-state index contributed by atoms with van der Waals surface area (Å²) in [5, 5.41) is 10.9. The fourth-order valence-corrected chi connectivity index (χ4v) is 1.74. The molecule has 0 aliphatic rings. The zero-order valence-electron chi connectivity index (χ0n) is 9.88. The van der Waals surface area contributed by atoms with Gasteiger partial charge in [-0.15, -0.1) is 0 Å². The predicted molar refractivity (Wildman–Crippen MR) is 70.0 cm³/mol. The highest BCUT2D eigenvalue weighted by Crippen LogP contribution is 2.35. The second-order valence-corrected chi connectivity index (χ2v) is 4.19. The van der Waals surface area contributed by atoms with Gasteiger partial charge < -0.3 is 4.74 Å². The normalized spacial score (nSPS) is 10.1. The van der Waals surface area contributed by atoms with Crippen molar-refractivity contribution < 1.29 is 18.8 Å². The third-order valence-corrected chi connectivity index (χ3v) is 2.73. The molecular formula is C13H7ClFNO4. The van der Waals surface area contributed by atoms with E-state index < -0.39 is 10.7 Å². The molecule has 0 amide bonds. The van der Waals surface area contributed by atoms with Gasteiger partial charge in [-0.05, 0) is 24.3 Å². The van der Waals surface area contributed by atoms with E-state index in [0.29, 0.717) is 11.8 Å². The lowest BCUT2D eigenvalue weighted by atomic mass is 10.2. The number of halogens is 2. The minimum Gasteiger partial charge on any atom is -0.448 e. The van der Waals surface area contributed by atoms with Crippen molar-refractivity contribution in [3.63, 3.8) is 0 Å². The summed E-state index contributed by atoms with van der Waals surface area (Å²) in [7, 11) is 0. The van der Waals surface area contributed by atoms with Crippen molar-refractivity contribution in [1.29, 1.82) is 0 Å². The molecule has 2 aromatic carbocycles. The Labute approximate surface area is 117 Å².